The molecule has 1 heterocycles. The summed E-state index contributed by atoms with van der Waals surface area (Å²) >= 11 is 0. The Labute approximate surface area is 109 Å². The number of carbonyl (C=O) groups excluding carboxylic acids is 2. The van der Waals surface area contributed by atoms with Crippen LogP contribution < -0.4 is 0 Å². The van der Waals surface area contributed by atoms with Crippen LogP contribution in [0.2, 0.25) is 0 Å². The Morgan fingerprint density at radius 3 is 2.95 bits per heavy atom. The molecule has 5 nitrogen and oxygen atoms in total. The summed E-state index contributed by atoms with van der Waals surface area (Å²) in [5.41, 5.74) is -0.0919. The molecule has 1 saturated heterocycles. The Bertz CT molecular complexity index is 454. The molecule has 1 fully saturated rings. The quantitative estimate of drug-likeness (QED) is 0.761. The zero-order valence-electron chi connectivity index (χ0n) is 10.5. The molecule has 6 heteroatoms. The minimum Gasteiger partial charge on any atom is -0.507 e. The molecular weight excluding hydrogens is 255 g/mol. The number of halogens is 1. The van der Waals surface area contributed by atoms with E-state index in [2.05, 4.69) is 4.74 Å². The number of allylic oxidation sites excluding steroid dienone is 2. The van der Waals surface area contributed by atoms with Crippen LogP contribution in [0.1, 0.15) is 6.42 Å². The maximum atomic E-state index is 13.8. The van der Waals surface area contributed by atoms with E-state index >= 15 is 0 Å². The summed E-state index contributed by atoms with van der Waals surface area (Å²) < 4.78 is 23.3. The second-order valence-electron chi connectivity index (χ2n) is 4.57. The molecule has 0 aromatic heterocycles. The number of carbonyl (C=O) groups is 2. The third-order valence-electron chi connectivity index (χ3n) is 3.43. The average molecular weight is 270 g/mol. The first-order valence-electron chi connectivity index (χ1n) is 6.01. The van der Waals surface area contributed by atoms with E-state index in [4.69, 9.17) is 4.74 Å². The number of ether oxygens (including phenoxy) is 2. The Morgan fingerprint density at radius 1 is 1.58 bits per heavy atom. The molecule has 0 aromatic carbocycles. The van der Waals surface area contributed by atoms with Crippen molar-refractivity contribution in [3.05, 3.63) is 23.5 Å². The fraction of sp³-hybridized carbons (Fsp3) is 0.538. The van der Waals surface area contributed by atoms with E-state index in [0.717, 1.165) is 6.08 Å². The van der Waals surface area contributed by atoms with Gasteiger partial charge in [0.2, 0.25) is 0 Å². The standard InChI is InChI=1S/C13H15FO5/c1-18-13(17)9-4-8(11(15)5-12(9)16)7-2-3-19-6-10(7)14/h4-5,7-8,10,16H,2-3,6H2,1H3/t7-,8?,10+/m0/s1. The van der Waals surface area contributed by atoms with Crippen molar-refractivity contribution in [2.24, 2.45) is 11.8 Å². The Hall–Kier alpha value is -1.69. The van der Waals surface area contributed by atoms with Crippen LogP contribution in [0.3, 0.4) is 0 Å². The zero-order valence-corrected chi connectivity index (χ0v) is 10.5. The van der Waals surface area contributed by atoms with Crippen LogP contribution in [0.5, 0.6) is 0 Å². The van der Waals surface area contributed by atoms with Crippen LogP contribution in [-0.4, -0.2) is 43.4 Å². The van der Waals surface area contributed by atoms with Crippen molar-refractivity contribution in [2.45, 2.75) is 12.6 Å². The van der Waals surface area contributed by atoms with Crippen molar-refractivity contribution in [3.63, 3.8) is 0 Å². The second-order valence-corrected chi connectivity index (χ2v) is 4.57. The van der Waals surface area contributed by atoms with Crippen LogP contribution in [0, 0.1) is 11.8 Å². The van der Waals surface area contributed by atoms with Crippen LogP contribution in [0.15, 0.2) is 23.5 Å². The number of methoxy groups -OCH3 is 1. The fourth-order valence-electron chi connectivity index (χ4n) is 2.40. The molecule has 0 saturated carbocycles. The van der Waals surface area contributed by atoms with E-state index in [-0.39, 0.29) is 12.2 Å². The van der Waals surface area contributed by atoms with Gasteiger partial charge in [-0.1, -0.05) is 6.08 Å². The lowest BCUT2D eigenvalue weighted by Crippen LogP contribution is -2.38. The van der Waals surface area contributed by atoms with Gasteiger partial charge in [0.25, 0.3) is 0 Å². The number of esters is 1. The highest BCUT2D eigenvalue weighted by atomic mass is 19.1. The number of hydrogen-bond acceptors (Lipinski definition) is 5. The van der Waals surface area contributed by atoms with Crippen molar-refractivity contribution in [1.29, 1.82) is 0 Å². The highest BCUT2D eigenvalue weighted by molar-refractivity contribution is 6.02. The van der Waals surface area contributed by atoms with E-state index in [1.165, 1.54) is 13.2 Å². The molecule has 1 unspecified atom stereocenters. The smallest absolute Gasteiger partial charge is 0.341 e. The number of aliphatic hydroxyl groups is 1. The number of rotatable bonds is 2. The topological polar surface area (TPSA) is 72.8 Å². The number of aliphatic hydroxyl groups excluding tert-OH is 1. The van der Waals surface area contributed by atoms with Gasteiger partial charge in [0, 0.05) is 24.5 Å². The second kappa shape index (κ2) is 5.52. The number of alkyl halides is 1. The predicted molar refractivity (Wildman–Crippen MR) is 63.1 cm³/mol. The van der Waals surface area contributed by atoms with Gasteiger partial charge in [-0.15, -0.1) is 0 Å². The highest BCUT2D eigenvalue weighted by Crippen LogP contribution is 2.32. The fourth-order valence-corrected chi connectivity index (χ4v) is 2.40. The first-order valence-corrected chi connectivity index (χ1v) is 6.01. The Kier molecular flexibility index (Phi) is 3.99. The molecule has 19 heavy (non-hydrogen) atoms. The molecule has 0 spiro atoms. The molecule has 0 bridgehead atoms. The average Bonchev–Trinajstić information content (AvgIpc) is 2.39. The van der Waals surface area contributed by atoms with Crippen LogP contribution in [0.25, 0.3) is 0 Å². The minimum absolute atomic E-state index is 0.0501. The zero-order chi connectivity index (χ0) is 14.0. The first-order chi connectivity index (χ1) is 9.04. The molecule has 2 rings (SSSR count). The van der Waals surface area contributed by atoms with E-state index in [1.807, 2.05) is 0 Å². The molecule has 0 aromatic rings. The summed E-state index contributed by atoms with van der Waals surface area (Å²) in [6, 6.07) is 0. The van der Waals surface area contributed by atoms with E-state index in [1.54, 1.807) is 0 Å². The molecule has 1 aliphatic heterocycles. The largest absolute Gasteiger partial charge is 0.507 e. The lowest BCUT2D eigenvalue weighted by molar-refractivity contribution is -0.136. The maximum Gasteiger partial charge on any atom is 0.341 e. The van der Waals surface area contributed by atoms with Crippen molar-refractivity contribution >= 4 is 11.8 Å². The van der Waals surface area contributed by atoms with Gasteiger partial charge < -0.3 is 14.6 Å². The van der Waals surface area contributed by atoms with Gasteiger partial charge >= 0.3 is 5.97 Å². The van der Waals surface area contributed by atoms with Gasteiger partial charge in [-0.2, -0.15) is 0 Å². The van der Waals surface area contributed by atoms with Crippen LogP contribution in [0.4, 0.5) is 4.39 Å². The minimum atomic E-state index is -1.26. The van der Waals surface area contributed by atoms with Crippen molar-refractivity contribution in [1.82, 2.24) is 0 Å². The SMILES string of the molecule is COC(=O)C1=CC([C@@H]2CCOC[C@H]2F)C(=O)C=C1O. The number of hydrogen-bond donors (Lipinski definition) is 1. The van der Waals surface area contributed by atoms with Gasteiger partial charge in [-0.25, -0.2) is 9.18 Å². The van der Waals surface area contributed by atoms with E-state index in [9.17, 15) is 19.1 Å². The van der Waals surface area contributed by atoms with Crippen molar-refractivity contribution in [3.8, 4) is 0 Å². The summed E-state index contributed by atoms with van der Waals surface area (Å²) in [5.74, 6) is -2.88. The Balaban J connectivity index is 2.27. The summed E-state index contributed by atoms with van der Waals surface area (Å²) in [6.07, 6.45) is 1.40. The van der Waals surface area contributed by atoms with Gasteiger partial charge in [0.05, 0.1) is 19.3 Å². The first kappa shape index (κ1) is 13.7. The third-order valence-corrected chi connectivity index (χ3v) is 3.43. The van der Waals surface area contributed by atoms with Crippen molar-refractivity contribution < 1.29 is 28.6 Å². The molecular formula is C13H15FO5. The van der Waals surface area contributed by atoms with Crippen molar-refractivity contribution in [2.75, 3.05) is 20.3 Å². The molecule has 1 aliphatic carbocycles. The van der Waals surface area contributed by atoms with Gasteiger partial charge in [0.15, 0.2) is 5.78 Å². The molecule has 2 aliphatic rings. The lowest BCUT2D eigenvalue weighted by atomic mass is 9.78. The molecule has 3 atom stereocenters. The van der Waals surface area contributed by atoms with Gasteiger partial charge in [-0.05, 0) is 6.42 Å². The molecule has 104 valence electrons. The lowest BCUT2D eigenvalue weighted by Gasteiger charge is -2.31. The van der Waals surface area contributed by atoms with E-state index < -0.39 is 35.5 Å². The molecule has 0 radical (unpaired) electrons. The third kappa shape index (κ3) is 2.68. The van der Waals surface area contributed by atoms with Crippen LogP contribution >= 0.6 is 0 Å². The summed E-state index contributed by atoms with van der Waals surface area (Å²) in [4.78, 5) is 23.3. The Morgan fingerprint density at radius 2 is 2.32 bits per heavy atom. The summed E-state index contributed by atoms with van der Waals surface area (Å²) in [7, 11) is 1.17. The van der Waals surface area contributed by atoms with Gasteiger partial charge in [0.1, 0.15) is 11.9 Å². The molecule has 0 amide bonds. The summed E-state index contributed by atoms with van der Waals surface area (Å²) in [5, 5.41) is 9.58. The predicted octanol–water partition coefficient (Wildman–Crippen LogP) is 1.10. The highest BCUT2D eigenvalue weighted by Gasteiger charge is 2.38. The normalized spacial score (nSPS) is 31.5. The van der Waals surface area contributed by atoms with Gasteiger partial charge in [-0.3, -0.25) is 4.79 Å². The maximum absolute atomic E-state index is 13.8. The van der Waals surface area contributed by atoms with Crippen LogP contribution in [-0.2, 0) is 19.1 Å². The van der Waals surface area contributed by atoms with E-state index in [0.29, 0.717) is 13.0 Å². The summed E-state index contributed by atoms with van der Waals surface area (Å²) in [6.45, 7) is 0.331. The molecule has 1 N–H and O–H groups in total. The monoisotopic (exact) mass is 270 g/mol. The number of ketones is 1.